The van der Waals surface area contributed by atoms with Crippen molar-refractivity contribution in [3.63, 3.8) is 0 Å². The summed E-state index contributed by atoms with van der Waals surface area (Å²) < 4.78 is 0. The quantitative estimate of drug-likeness (QED) is 0.807. The van der Waals surface area contributed by atoms with Gasteiger partial charge in [-0.05, 0) is 39.0 Å². The van der Waals surface area contributed by atoms with E-state index < -0.39 is 0 Å². The highest BCUT2D eigenvalue weighted by atomic mass is 16.2. The topological polar surface area (TPSA) is 63.2 Å². The molecule has 0 spiro atoms. The second kappa shape index (κ2) is 5.39. The van der Waals surface area contributed by atoms with Gasteiger partial charge in [-0.15, -0.1) is 0 Å². The minimum Gasteiger partial charge on any atom is -0.352 e. The highest BCUT2D eigenvalue weighted by Crippen LogP contribution is 2.12. The van der Waals surface area contributed by atoms with Gasteiger partial charge in [0.15, 0.2) is 11.6 Å². The summed E-state index contributed by atoms with van der Waals surface area (Å²) in [5.41, 5.74) is 1.09. The number of nitrogens with one attached hydrogen (secondary N) is 1. The lowest BCUT2D eigenvalue weighted by atomic mass is 10.0. The molecule has 90 valence electrons. The Morgan fingerprint density at radius 2 is 1.35 bits per heavy atom. The Morgan fingerprint density at radius 3 is 1.71 bits per heavy atom. The van der Waals surface area contributed by atoms with Crippen molar-refractivity contribution in [1.29, 1.82) is 0 Å². The van der Waals surface area contributed by atoms with Crippen LogP contribution < -0.4 is 5.32 Å². The average Bonchev–Trinajstić information content (AvgIpc) is 2.28. The van der Waals surface area contributed by atoms with E-state index >= 15 is 0 Å². The summed E-state index contributed by atoms with van der Waals surface area (Å²) in [7, 11) is 0. The third kappa shape index (κ3) is 3.24. The zero-order valence-corrected chi connectivity index (χ0v) is 10.2. The zero-order chi connectivity index (χ0) is 13.0. The first kappa shape index (κ1) is 13.1. The largest absolute Gasteiger partial charge is 0.352 e. The fourth-order valence-electron chi connectivity index (χ4n) is 1.43. The van der Waals surface area contributed by atoms with Crippen LogP contribution in [-0.2, 0) is 0 Å². The molecule has 0 bridgehead atoms. The molecule has 4 nitrogen and oxygen atoms in total. The maximum atomic E-state index is 11.7. The fraction of sp³-hybridized carbons (Fsp3) is 0.308. The predicted molar refractivity (Wildman–Crippen MR) is 64.5 cm³/mol. The normalized spacial score (nSPS) is 9.82. The van der Waals surface area contributed by atoms with Crippen LogP contribution in [0.15, 0.2) is 18.2 Å². The van der Waals surface area contributed by atoms with Gasteiger partial charge in [0.2, 0.25) is 0 Å². The van der Waals surface area contributed by atoms with E-state index in [2.05, 4.69) is 5.32 Å². The Kier molecular flexibility index (Phi) is 4.15. The molecule has 1 aromatic rings. The van der Waals surface area contributed by atoms with Crippen LogP contribution in [0.2, 0.25) is 0 Å². The average molecular weight is 233 g/mol. The Morgan fingerprint density at radius 1 is 0.941 bits per heavy atom. The number of hydrogen-bond donors (Lipinski definition) is 1. The van der Waals surface area contributed by atoms with E-state index in [1.54, 1.807) is 6.92 Å². The fourth-order valence-corrected chi connectivity index (χ4v) is 1.43. The molecular formula is C13H15NO3. The Bertz CT molecular complexity index is 445. The van der Waals surface area contributed by atoms with Crippen molar-refractivity contribution in [3.05, 3.63) is 34.9 Å². The number of rotatable bonds is 4. The Hall–Kier alpha value is -1.97. The van der Waals surface area contributed by atoms with E-state index in [1.807, 2.05) is 0 Å². The van der Waals surface area contributed by atoms with Crippen LogP contribution in [0.25, 0.3) is 0 Å². The van der Waals surface area contributed by atoms with Crippen molar-refractivity contribution in [3.8, 4) is 0 Å². The van der Waals surface area contributed by atoms with Crippen LogP contribution in [0.5, 0.6) is 0 Å². The number of hydrogen-bond acceptors (Lipinski definition) is 3. The van der Waals surface area contributed by atoms with Crippen molar-refractivity contribution in [2.24, 2.45) is 0 Å². The summed E-state index contributed by atoms with van der Waals surface area (Å²) in [5.74, 6) is -0.615. The summed E-state index contributed by atoms with van der Waals surface area (Å²) in [4.78, 5) is 34.3. The summed E-state index contributed by atoms with van der Waals surface area (Å²) in [6, 6.07) is 4.51. The van der Waals surface area contributed by atoms with Crippen LogP contribution in [-0.4, -0.2) is 24.0 Å². The molecule has 0 aliphatic rings. The molecule has 0 saturated heterocycles. The molecule has 0 radical (unpaired) electrons. The van der Waals surface area contributed by atoms with Crippen LogP contribution in [0.1, 0.15) is 51.8 Å². The van der Waals surface area contributed by atoms with Gasteiger partial charge in [0.1, 0.15) is 0 Å². The molecule has 0 aromatic heterocycles. The van der Waals surface area contributed by atoms with Gasteiger partial charge in [-0.3, -0.25) is 14.4 Å². The first-order valence-corrected chi connectivity index (χ1v) is 5.41. The highest BCUT2D eigenvalue weighted by Gasteiger charge is 2.12. The molecule has 0 saturated carbocycles. The van der Waals surface area contributed by atoms with Gasteiger partial charge in [-0.1, -0.05) is 0 Å². The Labute approximate surface area is 100 Å². The lowest BCUT2D eigenvalue weighted by Crippen LogP contribution is -2.23. The van der Waals surface area contributed by atoms with E-state index in [1.165, 1.54) is 32.0 Å². The molecule has 0 unspecified atom stereocenters. The van der Waals surface area contributed by atoms with Crippen molar-refractivity contribution in [2.45, 2.75) is 20.8 Å². The molecule has 1 N–H and O–H groups in total. The van der Waals surface area contributed by atoms with Crippen molar-refractivity contribution >= 4 is 17.5 Å². The third-order valence-corrected chi connectivity index (χ3v) is 2.35. The third-order valence-electron chi connectivity index (χ3n) is 2.35. The van der Waals surface area contributed by atoms with Gasteiger partial charge >= 0.3 is 0 Å². The molecule has 4 heteroatoms. The van der Waals surface area contributed by atoms with Crippen LogP contribution in [0.4, 0.5) is 0 Å². The molecule has 0 atom stereocenters. The predicted octanol–water partition coefficient (Wildman–Crippen LogP) is 1.84. The molecule has 0 fully saturated rings. The second-order valence-electron chi connectivity index (χ2n) is 3.77. The zero-order valence-electron chi connectivity index (χ0n) is 10.2. The minimum absolute atomic E-state index is 0.168. The van der Waals surface area contributed by atoms with E-state index in [0.29, 0.717) is 23.2 Å². The molecule has 0 aliphatic heterocycles. The number of carbonyl (C=O) groups is 3. The SMILES string of the molecule is CCNC(=O)c1cc(C(C)=O)cc(C(C)=O)c1. The molecule has 17 heavy (non-hydrogen) atoms. The summed E-state index contributed by atoms with van der Waals surface area (Å²) in [6.45, 7) is 5.11. The van der Waals surface area contributed by atoms with Gasteiger partial charge in [-0.25, -0.2) is 0 Å². The Balaban J connectivity index is 3.26. The van der Waals surface area contributed by atoms with E-state index in [0.717, 1.165) is 0 Å². The van der Waals surface area contributed by atoms with E-state index in [-0.39, 0.29) is 17.5 Å². The lowest BCUT2D eigenvalue weighted by Gasteiger charge is -2.06. The number of amides is 1. The monoisotopic (exact) mass is 233 g/mol. The van der Waals surface area contributed by atoms with Gasteiger partial charge in [-0.2, -0.15) is 0 Å². The second-order valence-corrected chi connectivity index (χ2v) is 3.77. The van der Waals surface area contributed by atoms with Gasteiger partial charge in [0.25, 0.3) is 5.91 Å². The van der Waals surface area contributed by atoms with Crippen molar-refractivity contribution in [1.82, 2.24) is 5.32 Å². The summed E-state index contributed by atoms with van der Waals surface area (Å²) in [6.07, 6.45) is 0. The summed E-state index contributed by atoms with van der Waals surface area (Å²) in [5, 5.41) is 2.63. The van der Waals surface area contributed by atoms with Gasteiger partial charge in [0, 0.05) is 23.2 Å². The number of carbonyl (C=O) groups excluding carboxylic acids is 3. The maximum absolute atomic E-state index is 11.7. The lowest BCUT2D eigenvalue weighted by molar-refractivity contribution is 0.0956. The minimum atomic E-state index is -0.280. The van der Waals surface area contributed by atoms with Crippen LogP contribution >= 0.6 is 0 Å². The standard InChI is InChI=1S/C13H15NO3/c1-4-14-13(17)12-6-10(8(2)15)5-11(7-12)9(3)16/h5-7H,4H2,1-3H3,(H,14,17). The molecule has 1 rings (SSSR count). The molecular weight excluding hydrogens is 218 g/mol. The van der Waals surface area contributed by atoms with Crippen LogP contribution in [0.3, 0.4) is 0 Å². The smallest absolute Gasteiger partial charge is 0.251 e. The van der Waals surface area contributed by atoms with Gasteiger partial charge in [0.05, 0.1) is 0 Å². The number of ketones is 2. The van der Waals surface area contributed by atoms with Crippen molar-refractivity contribution < 1.29 is 14.4 Å². The first-order chi connectivity index (χ1) is 7.95. The van der Waals surface area contributed by atoms with E-state index in [4.69, 9.17) is 0 Å². The summed E-state index contributed by atoms with van der Waals surface area (Å²) >= 11 is 0. The van der Waals surface area contributed by atoms with Crippen molar-refractivity contribution in [2.75, 3.05) is 6.54 Å². The molecule has 1 amide bonds. The first-order valence-electron chi connectivity index (χ1n) is 5.41. The maximum Gasteiger partial charge on any atom is 0.251 e. The number of Topliss-reactive ketones (excluding diaryl/α,β-unsaturated/α-hetero) is 2. The molecule has 1 aromatic carbocycles. The van der Waals surface area contributed by atoms with Crippen LogP contribution in [0, 0.1) is 0 Å². The van der Waals surface area contributed by atoms with E-state index in [9.17, 15) is 14.4 Å². The van der Waals surface area contributed by atoms with Gasteiger partial charge < -0.3 is 5.32 Å². The number of benzene rings is 1. The highest BCUT2D eigenvalue weighted by molar-refractivity contribution is 6.04. The molecule has 0 aliphatic carbocycles. The molecule has 0 heterocycles.